The lowest BCUT2D eigenvalue weighted by atomic mass is 9.68. The Bertz CT molecular complexity index is 746. The van der Waals surface area contributed by atoms with Gasteiger partial charge in [-0.05, 0) is 35.6 Å². The van der Waals surface area contributed by atoms with Crippen molar-refractivity contribution in [2.45, 2.75) is 45.1 Å². The van der Waals surface area contributed by atoms with Gasteiger partial charge in [0, 0.05) is 18.5 Å². The summed E-state index contributed by atoms with van der Waals surface area (Å²) in [4.78, 5) is 23.7. The highest BCUT2D eigenvalue weighted by atomic mass is 16.4. The summed E-state index contributed by atoms with van der Waals surface area (Å²) in [6.45, 7) is 6.00. The quantitative estimate of drug-likeness (QED) is 0.771. The van der Waals surface area contributed by atoms with Crippen molar-refractivity contribution in [2.24, 2.45) is 5.73 Å². The highest BCUT2D eigenvalue weighted by Gasteiger charge is 2.43. The topological polar surface area (TPSA) is 101 Å². The molecule has 128 valence electrons. The Hall–Kier alpha value is -2.40. The van der Waals surface area contributed by atoms with E-state index in [2.05, 4.69) is 0 Å². The van der Waals surface area contributed by atoms with Gasteiger partial charge in [-0.15, -0.1) is 0 Å². The molecule has 0 aromatic heterocycles. The second-order valence-corrected chi connectivity index (χ2v) is 6.60. The van der Waals surface area contributed by atoms with Gasteiger partial charge < -0.3 is 15.9 Å². The Morgan fingerprint density at radius 2 is 1.96 bits per heavy atom. The number of carboxylic acid groups (broad SMARTS) is 2. The number of hydrogen-bond acceptors (Lipinski definition) is 3. The fraction of sp³-hybridized carbons (Fsp3) is 0.368. The Morgan fingerprint density at radius 1 is 1.29 bits per heavy atom. The number of carboxylic acids is 2. The van der Waals surface area contributed by atoms with E-state index in [9.17, 15) is 19.8 Å². The molecule has 1 atom stereocenters. The van der Waals surface area contributed by atoms with Crippen molar-refractivity contribution >= 4 is 11.9 Å². The molecule has 2 rings (SSSR count). The molecule has 24 heavy (non-hydrogen) atoms. The fourth-order valence-corrected chi connectivity index (χ4v) is 3.29. The van der Waals surface area contributed by atoms with Crippen molar-refractivity contribution in [2.75, 3.05) is 0 Å². The van der Waals surface area contributed by atoms with E-state index < -0.39 is 17.4 Å². The van der Waals surface area contributed by atoms with Crippen LogP contribution in [0.3, 0.4) is 0 Å². The van der Waals surface area contributed by atoms with Crippen LogP contribution in [0.5, 0.6) is 0 Å². The number of hydrogen-bond donors (Lipinski definition) is 3. The van der Waals surface area contributed by atoms with Gasteiger partial charge in [0.05, 0.1) is 0 Å². The number of aliphatic carboxylic acids is 2. The van der Waals surface area contributed by atoms with Crippen LogP contribution in [0.4, 0.5) is 0 Å². The fourth-order valence-electron chi connectivity index (χ4n) is 3.29. The van der Waals surface area contributed by atoms with Crippen LogP contribution in [-0.4, -0.2) is 22.2 Å². The SMILES string of the molecule is CC1=CC(C(=O)O)(c2cc(CN)ccc2C(C)C)CC(C(=O)O)=C1. The highest BCUT2D eigenvalue weighted by Crippen LogP contribution is 2.41. The van der Waals surface area contributed by atoms with E-state index in [1.807, 2.05) is 26.0 Å². The standard InChI is InChI=1S/C19H23NO4/c1-11(2)15-5-4-13(10-20)7-16(15)19(18(23)24)8-12(3)6-14(9-19)17(21)22/h4-8,11H,9-10,20H2,1-3H3,(H,21,22)(H,23,24). The molecule has 0 spiro atoms. The molecule has 0 heterocycles. The molecule has 0 bridgehead atoms. The normalized spacial score (nSPS) is 20.5. The lowest BCUT2D eigenvalue weighted by molar-refractivity contribution is -0.142. The molecule has 1 unspecified atom stereocenters. The van der Waals surface area contributed by atoms with Gasteiger partial charge in [-0.25, -0.2) is 4.79 Å². The summed E-state index contributed by atoms with van der Waals surface area (Å²) in [6.07, 6.45) is 3.11. The maximum atomic E-state index is 12.3. The average Bonchev–Trinajstić information content (AvgIpc) is 2.53. The Morgan fingerprint density at radius 3 is 2.46 bits per heavy atom. The first kappa shape index (κ1) is 17.9. The third-order valence-electron chi connectivity index (χ3n) is 4.46. The van der Waals surface area contributed by atoms with Crippen LogP contribution < -0.4 is 5.73 Å². The zero-order chi connectivity index (χ0) is 18.1. The van der Waals surface area contributed by atoms with Crippen molar-refractivity contribution in [1.29, 1.82) is 0 Å². The van der Waals surface area contributed by atoms with Crippen molar-refractivity contribution in [1.82, 2.24) is 0 Å². The zero-order valence-electron chi connectivity index (χ0n) is 14.2. The second kappa shape index (κ2) is 6.61. The zero-order valence-corrected chi connectivity index (χ0v) is 14.2. The number of nitrogens with two attached hydrogens (primary N) is 1. The van der Waals surface area contributed by atoms with Gasteiger partial charge in [0.2, 0.25) is 0 Å². The molecular weight excluding hydrogens is 306 g/mol. The molecule has 1 aliphatic rings. The predicted octanol–water partition coefficient (Wildman–Crippen LogP) is 2.95. The minimum atomic E-state index is -1.39. The van der Waals surface area contributed by atoms with E-state index in [1.165, 1.54) is 6.08 Å². The van der Waals surface area contributed by atoms with Gasteiger partial charge in [0.25, 0.3) is 0 Å². The molecule has 0 fully saturated rings. The molecule has 1 aromatic carbocycles. The van der Waals surface area contributed by atoms with Gasteiger partial charge in [-0.3, -0.25) is 4.79 Å². The molecule has 5 nitrogen and oxygen atoms in total. The Labute approximate surface area is 141 Å². The first-order chi connectivity index (χ1) is 11.2. The summed E-state index contributed by atoms with van der Waals surface area (Å²) in [5.74, 6) is -2.03. The van der Waals surface area contributed by atoms with E-state index in [0.717, 1.165) is 11.1 Å². The summed E-state index contributed by atoms with van der Waals surface area (Å²) >= 11 is 0. The minimum absolute atomic E-state index is 0.0806. The van der Waals surface area contributed by atoms with E-state index >= 15 is 0 Å². The molecule has 0 saturated heterocycles. The van der Waals surface area contributed by atoms with E-state index in [4.69, 9.17) is 5.73 Å². The Balaban J connectivity index is 2.76. The average molecular weight is 329 g/mol. The third-order valence-corrected chi connectivity index (χ3v) is 4.46. The molecule has 0 radical (unpaired) electrons. The summed E-state index contributed by atoms with van der Waals surface area (Å²) in [5, 5.41) is 19.4. The largest absolute Gasteiger partial charge is 0.480 e. The molecule has 4 N–H and O–H groups in total. The van der Waals surface area contributed by atoms with Crippen LogP contribution in [0.25, 0.3) is 0 Å². The number of benzene rings is 1. The van der Waals surface area contributed by atoms with Gasteiger partial charge in [0.1, 0.15) is 5.41 Å². The predicted molar refractivity (Wildman–Crippen MR) is 91.8 cm³/mol. The van der Waals surface area contributed by atoms with Crippen LogP contribution in [0.1, 0.15) is 49.8 Å². The number of carbonyl (C=O) groups is 2. The lowest BCUT2D eigenvalue weighted by Crippen LogP contribution is -2.38. The smallest absolute Gasteiger partial charge is 0.331 e. The van der Waals surface area contributed by atoms with Crippen molar-refractivity contribution in [3.8, 4) is 0 Å². The second-order valence-electron chi connectivity index (χ2n) is 6.60. The maximum Gasteiger partial charge on any atom is 0.331 e. The van der Waals surface area contributed by atoms with Crippen LogP contribution in [0, 0.1) is 0 Å². The minimum Gasteiger partial charge on any atom is -0.480 e. The first-order valence-electron chi connectivity index (χ1n) is 7.91. The van der Waals surface area contributed by atoms with Gasteiger partial charge in [-0.1, -0.05) is 43.7 Å². The summed E-state index contributed by atoms with van der Waals surface area (Å²) in [7, 11) is 0. The molecule has 0 saturated carbocycles. The Kier molecular flexibility index (Phi) is 4.94. The highest BCUT2D eigenvalue weighted by molar-refractivity contribution is 5.93. The van der Waals surface area contributed by atoms with Crippen molar-refractivity contribution < 1.29 is 19.8 Å². The number of rotatable bonds is 5. The summed E-state index contributed by atoms with van der Waals surface area (Å²) in [6, 6.07) is 5.59. The molecule has 0 aliphatic heterocycles. The monoisotopic (exact) mass is 329 g/mol. The van der Waals surface area contributed by atoms with Crippen molar-refractivity contribution in [3.05, 3.63) is 58.2 Å². The van der Waals surface area contributed by atoms with Crippen LogP contribution >= 0.6 is 0 Å². The van der Waals surface area contributed by atoms with Gasteiger partial charge in [0.15, 0.2) is 0 Å². The number of allylic oxidation sites excluding steroid dienone is 2. The van der Waals surface area contributed by atoms with Crippen LogP contribution in [0.15, 0.2) is 41.5 Å². The molecule has 0 amide bonds. The summed E-state index contributed by atoms with van der Waals surface area (Å²) in [5.41, 5.74) is 7.42. The molecule has 5 heteroatoms. The first-order valence-corrected chi connectivity index (χ1v) is 7.91. The van der Waals surface area contributed by atoms with Gasteiger partial charge in [-0.2, -0.15) is 0 Å². The van der Waals surface area contributed by atoms with Crippen LogP contribution in [0.2, 0.25) is 0 Å². The third kappa shape index (κ3) is 3.12. The van der Waals surface area contributed by atoms with Crippen LogP contribution in [-0.2, 0) is 21.5 Å². The van der Waals surface area contributed by atoms with E-state index in [0.29, 0.717) is 17.7 Å². The van der Waals surface area contributed by atoms with Crippen molar-refractivity contribution in [3.63, 3.8) is 0 Å². The van der Waals surface area contributed by atoms with E-state index in [1.54, 1.807) is 19.1 Å². The lowest BCUT2D eigenvalue weighted by Gasteiger charge is -2.33. The molecular formula is C19H23NO4. The van der Waals surface area contributed by atoms with E-state index in [-0.39, 0.29) is 17.9 Å². The molecule has 1 aromatic rings. The van der Waals surface area contributed by atoms with Gasteiger partial charge >= 0.3 is 11.9 Å². The molecule has 1 aliphatic carbocycles. The maximum absolute atomic E-state index is 12.3. The summed E-state index contributed by atoms with van der Waals surface area (Å²) < 4.78 is 0.